The van der Waals surface area contributed by atoms with Crippen molar-refractivity contribution in [2.45, 2.75) is 38.8 Å². The van der Waals surface area contributed by atoms with E-state index in [1.54, 1.807) is 0 Å². The molecule has 3 aromatic heterocycles. The highest BCUT2D eigenvalue weighted by molar-refractivity contribution is 6.77. The average Bonchev–Trinajstić information content (AvgIpc) is 3.93. The van der Waals surface area contributed by atoms with Gasteiger partial charge in [0.1, 0.15) is 16.9 Å². The van der Waals surface area contributed by atoms with Crippen molar-refractivity contribution in [2.24, 2.45) is 0 Å². The van der Waals surface area contributed by atoms with Crippen LogP contribution in [0.25, 0.3) is 11.4 Å². The Bertz CT molecular complexity index is 2190. The summed E-state index contributed by atoms with van der Waals surface area (Å²) >= 11 is 0. The molecule has 0 spiro atoms. The zero-order valence-electron chi connectivity index (χ0n) is 28.0. The zero-order valence-corrected chi connectivity index (χ0v) is 28.0. The van der Waals surface area contributed by atoms with Gasteiger partial charge in [-0.1, -0.05) is 96.1 Å². The zero-order chi connectivity index (χ0) is 33.0. The summed E-state index contributed by atoms with van der Waals surface area (Å²) in [6, 6.07) is 38.5. The first-order valence-electron chi connectivity index (χ1n) is 16.5. The second kappa shape index (κ2) is 11.3. The van der Waals surface area contributed by atoms with Gasteiger partial charge in [-0.2, -0.15) is 10.2 Å². The highest BCUT2D eigenvalue weighted by Gasteiger charge is 2.42. The van der Waals surface area contributed by atoms with Crippen molar-refractivity contribution in [2.75, 3.05) is 11.9 Å². The van der Waals surface area contributed by atoms with Gasteiger partial charge in [0, 0.05) is 42.2 Å². The molecular formula is C40H38BN7. The van der Waals surface area contributed by atoms with E-state index in [1.165, 1.54) is 16.6 Å². The SMILES string of the molecule is Cc1cccc(C)c1B1N(C)c2ccc(C(C)(c3ccccc3)n3cccn3)cc2-c2nc([C@](C)(c3ccccc3)n3cccn3)cn21. The molecule has 4 heterocycles. The molecule has 2 atom stereocenters. The molecule has 236 valence electrons. The van der Waals surface area contributed by atoms with Crippen molar-refractivity contribution in [1.82, 2.24) is 29.0 Å². The maximum absolute atomic E-state index is 5.58. The molecule has 8 heteroatoms. The maximum atomic E-state index is 5.58. The second-order valence-electron chi connectivity index (χ2n) is 13.2. The number of hydrogen-bond donors (Lipinski definition) is 0. The number of nitrogens with zero attached hydrogens (tertiary/aromatic N) is 7. The highest BCUT2D eigenvalue weighted by Crippen LogP contribution is 2.43. The number of benzene rings is 4. The van der Waals surface area contributed by atoms with Crippen LogP contribution in [0, 0.1) is 13.8 Å². The van der Waals surface area contributed by atoms with Gasteiger partial charge in [-0.25, -0.2) is 4.98 Å². The van der Waals surface area contributed by atoms with E-state index in [0.717, 1.165) is 39.5 Å². The van der Waals surface area contributed by atoms with Gasteiger partial charge >= 0.3 is 6.98 Å². The molecule has 0 radical (unpaired) electrons. The van der Waals surface area contributed by atoms with Crippen LogP contribution in [-0.4, -0.2) is 43.1 Å². The van der Waals surface area contributed by atoms with Crippen molar-refractivity contribution in [3.05, 3.63) is 174 Å². The number of anilines is 1. The number of fused-ring (bicyclic) bond motifs is 3. The Kier molecular flexibility index (Phi) is 6.98. The molecule has 0 bridgehead atoms. The summed E-state index contributed by atoms with van der Waals surface area (Å²) in [5, 5.41) is 9.53. The molecule has 0 amide bonds. The van der Waals surface area contributed by atoms with Crippen LogP contribution in [-0.2, 0) is 11.1 Å². The lowest BCUT2D eigenvalue weighted by Gasteiger charge is -2.38. The van der Waals surface area contributed by atoms with Gasteiger partial charge in [0.2, 0.25) is 0 Å². The number of aryl methyl sites for hydroxylation is 2. The Morgan fingerprint density at radius 3 is 1.79 bits per heavy atom. The summed E-state index contributed by atoms with van der Waals surface area (Å²) in [5.41, 5.74) is 9.13. The number of aromatic nitrogens is 6. The molecule has 4 aromatic carbocycles. The predicted octanol–water partition coefficient (Wildman–Crippen LogP) is 6.88. The van der Waals surface area contributed by atoms with Crippen LogP contribution in [0.5, 0.6) is 0 Å². The molecule has 0 N–H and O–H groups in total. The molecule has 0 fully saturated rings. The fraction of sp³-hybridized carbons (Fsp3) is 0.175. The van der Waals surface area contributed by atoms with E-state index >= 15 is 0 Å². The predicted molar refractivity (Wildman–Crippen MR) is 194 cm³/mol. The Morgan fingerprint density at radius 1 is 0.625 bits per heavy atom. The van der Waals surface area contributed by atoms with Gasteiger partial charge in [0.15, 0.2) is 0 Å². The minimum atomic E-state index is -0.648. The minimum absolute atomic E-state index is 0.0925. The molecule has 8 rings (SSSR count). The van der Waals surface area contributed by atoms with Crippen molar-refractivity contribution < 1.29 is 0 Å². The Morgan fingerprint density at radius 2 is 1.21 bits per heavy atom. The van der Waals surface area contributed by atoms with Gasteiger partial charge in [-0.05, 0) is 81.2 Å². The van der Waals surface area contributed by atoms with E-state index in [0.29, 0.717) is 0 Å². The van der Waals surface area contributed by atoms with Crippen molar-refractivity contribution >= 4 is 18.1 Å². The van der Waals surface area contributed by atoms with E-state index in [1.807, 2.05) is 41.6 Å². The third kappa shape index (κ3) is 4.39. The van der Waals surface area contributed by atoms with Crippen LogP contribution < -0.4 is 10.3 Å². The lowest BCUT2D eigenvalue weighted by atomic mass is 9.60. The van der Waals surface area contributed by atoms with Gasteiger partial charge in [0.25, 0.3) is 0 Å². The van der Waals surface area contributed by atoms with E-state index in [-0.39, 0.29) is 6.98 Å². The third-order valence-electron chi connectivity index (χ3n) is 10.4. The topological polar surface area (TPSA) is 56.7 Å². The Hall–Kier alpha value is -5.63. The molecule has 1 aliphatic rings. The monoisotopic (exact) mass is 627 g/mol. The van der Waals surface area contributed by atoms with Crippen LogP contribution >= 0.6 is 0 Å². The van der Waals surface area contributed by atoms with Crippen molar-refractivity contribution in [1.29, 1.82) is 0 Å². The number of rotatable bonds is 7. The van der Waals surface area contributed by atoms with E-state index in [9.17, 15) is 0 Å². The fourth-order valence-corrected chi connectivity index (χ4v) is 7.65. The van der Waals surface area contributed by atoms with Crippen molar-refractivity contribution in [3.63, 3.8) is 0 Å². The fourth-order valence-electron chi connectivity index (χ4n) is 7.65. The lowest BCUT2D eigenvalue weighted by molar-refractivity contribution is 0.416. The molecule has 1 aliphatic heterocycles. The minimum Gasteiger partial charge on any atom is -0.394 e. The molecule has 7 aromatic rings. The standard InChI is InChI=1S/C40H38BN7/c1-29-15-12-16-30(2)37(29)41-45(5)35-22-21-33(39(3,47-25-13-23-42-47)31-17-8-6-9-18-31)27-34(35)38-44-36(28-46(38)41)40(4,48-26-14-24-43-48)32-19-10-7-11-20-32/h6-28H,1-5H3/t39?,40-/m0/s1. The summed E-state index contributed by atoms with van der Waals surface area (Å²) in [6.45, 7) is 8.78. The van der Waals surface area contributed by atoms with Crippen LogP contribution in [0.2, 0.25) is 0 Å². The maximum Gasteiger partial charge on any atom is 0.417 e. The van der Waals surface area contributed by atoms with E-state index in [4.69, 9.17) is 15.2 Å². The molecule has 0 saturated heterocycles. The second-order valence-corrected chi connectivity index (χ2v) is 13.2. The van der Waals surface area contributed by atoms with E-state index < -0.39 is 11.1 Å². The first-order valence-corrected chi connectivity index (χ1v) is 16.5. The molecule has 48 heavy (non-hydrogen) atoms. The smallest absolute Gasteiger partial charge is 0.394 e. The van der Waals surface area contributed by atoms with Gasteiger partial charge < -0.3 is 9.29 Å². The first kappa shape index (κ1) is 29.8. The Balaban J connectivity index is 1.40. The third-order valence-corrected chi connectivity index (χ3v) is 10.4. The first-order chi connectivity index (χ1) is 23.3. The quantitative estimate of drug-likeness (QED) is 0.181. The molecule has 1 unspecified atom stereocenters. The summed E-state index contributed by atoms with van der Waals surface area (Å²) in [4.78, 5) is 7.98. The summed E-state index contributed by atoms with van der Waals surface area (Å²) < 4.78 is 6.45. The number of hydrogen-bond acceptors (Lipinski definition) is 4. The van der Waals surface area contributed by atoms with Gasteiger partial charge in [-0.15, -0.1) is 0 Å². The van der Waals surface area contributed by atoms with Gasteiger partial charge in [-0.3, -0.25) is 9.36 Å². The van der Waals surface area contributed by atoms with Crippen LogP contribution in [0.4, 0.5) is 5.69 Å². The van der Waals surface area contributed by atoms with Crippen molar-refractivity contribution in [3.8, 4) is 11.4 Å². The van der Waals surface area contributed by atoms with Crippen LogP contribution in [0.3, 0.4) is 0 Å². The summed E-state index contributed by atoms with van der Waals surface area (Å²) in [7, 11) is 2.20. The van der Waals surface area contributed by atoms with Crippen LogP contribution in [0.1, 0.15) is 47.4 Å². The highest BCUT2D eigenvalue weighted by atomic mass is 15.3. The largest absolute Gasteiger partial charge is 0.417 e. The van der Waals surface area contributed by atoms with Gasteiger partial charge in [0.05, 0.1) is 5.69 Å². The van der Waals surface area contributed by atoms with E-state index in [2.05, 4.69) is 152 Å². The average molecular weight is 628 g/mol. The molecule has 0 saturated carbocycles. The summed E-state index contributed by atoms with van der Waals surface area (Å²) in [5.74, 6) is 0.929. The molecule has 7 nitrogen and oxygen atoms in total. The molecular weight excluding hydrogens is 589 g/mol. The Labute approximate surface area is 282 Å². The number of imidazole rings is 1. The molecule has 0 aliphatic carbocycles. The normalized spacial score (nSPS) is 15.0. The lowest BCUT2D eigenvalue weighted by Crippen LogP contribution is -2.56. The summed E-state index contributed by atoms with van der Waals surface area (Å²) in [6.07, 6.45) is 10.0. The van der Waals surface area contributed by atoms with Crippen LogP contribution in [0.15, 0.2) is 140 Å².